The van der Waals surface area contributed by atoms with Gasteiger partial charge in [-0.2, -0.15) is 5.10 Å². The molecule has 0 aliphatic rings. The molecule has 190 valence electrons. The number of benzene rings is 3. The Morgan fingerprint density at radius 1 is 0.973 bits per heavy atom. The zero-order valence-electron chi connectivity index (χ0n) is 19.4. The molecule has 0 aliphatic carbocycles. The lowest BCUT2D eigenvalue weighted by Gasteiger charge is -2.25. The van der Waals surface area contributed by atoms with E-state index in [-0.39, 0.29) is 10.6 Å². The molecule has 0 radical (unpaired) electrons. The van der Waals surface area contributed by atoms with Crippen molar-refractivity contribution in [3.63, 3.8) is 0 Å². The minimum Gasteiger partial charge on any atom is -0.455 e. The lowest BCUT2D eigenvalue weighted by molar-refractivity contribution is -0.119. The SMILES string of the molecule is Cc1c(Cl)cccc1N(CC(=O)N/N=C\c1ccc(-c2ccc(Cl)cc2Cl)o1)S(=O)(=O)c1ccccc1. The van der Waals surface area contributed by atoms with E-state index >= 15 is 0 Å². The summed E-state index contributed by atoms with van der Waals surface area (Å²) < 4.78 is 33.6. The number of carbonyl (C=O) groups is 1. The first-order chi connectivity index (χ1) is 17.7. The van der Waals surface area contributed by atoms with Gasteiger partial charge in [-0.05, 0) is 67.1 Å². The Morgan fingerprint density at radius 2 is 1.73 bits per heavy atom. The highest BCUT2D eigenvalue weighted by Gasteiger charge is 2.28. The molecule has 0 fully saturated rings. The summed E-state index contributed by atoms with van der Waals surface area (Å²) in [4.78, 5) is 12.8. The molecule has 0 aliphatic heterocycles. The predicted octanol–water partition coefficient (Wildman–Crippen LogP) is 6.56. The van der Waals surface area contributed by atoms with Crippen LogP contribution in [0.3, 0.4) is 0 Å². The molecule has 0 spiro atoms. The van der Waals surface area contributed by atoms with Gasteiger partial charge in [0.2, 0.25) is 0 Å². The van der Waals surface area contributed by atoms with E-state index in [1.807, 2.05) is 0 Å². The normalized spacial score (nSPS) is 11.6. The van der Waals surface area contributed by atoms with Crippen LogP contribution in [-0.4, -0.2) is 27.1 Å². The van der Waals surface area contributed by atoms with Crippen LogP contribution >= 0.6 is 34.8 Å². The number of hydrogen-bond donors (Lipinski definition) is 1. The van der Waals surface area contributed by atoms with Crippen molar-refractivity contribution in [3.8, 4) is 11.3 Å². The minimum atomic E-state index is -4.08. The molecule has 3 aromatic carbocycles. The number of hydrogen-bond acceptors (Lipinski definition) is 5. The van der Waals surface area contributed by atoms with Crippen LogP contribution < -0.4 is 9.73 Å². The maximum Gasteiger partial charge on any atom is 0.264 e. The topological polar surface area (TPSA) is 92.0 Å². The van der Waals surface area contributed by atoms with E-state index in [0.717, 1.165) is 4.31 Å². The van der Waals surface area contributed by atoms with E-state index in [2.05, 4.69) is 10.5 Å². The average Bonchev–Trinajstić information content (AvgIpc) is 3.33. The van der Waals surface area contributed by atoms with Crippen molar-refractivity contribution in [2.24, 2.45) is 5.10 Å². The van der Waals surface area contributed by atoms with E-state index in [0.29, 0.717) is 37.7 Å². The number of carbonyl (C=O) groups excluding carboxylic acids is 1. The minimum absolute atomic E-state index is 0.0367. The Kier molecular flexibility index (Phi) is 8.24. The molecule has 4 rings (SSSR count). The second-order valence-corrected chi connectivity index (χ2v) is 10.9. The lowest BCUT2D eigenvalue weighted by atomic mass is 10.2. The van der Waals surface area contributed by atoms with Gasteiger partial charge in [0.25, 0.3) is 15.9 Å². The first kappa shape index (κ1) is 26.8. The van der Waals surface area contributed by atoms with E-state index in [1.54, 1.807) is 73.7 Å². The molecule has 37 heavy (non-hydrogen) atoms. The molecule has 4 aromatic rings. The number of rotatable bonds is 8. The van der Waals surface area contributed by atoms with Crippen molar-refractivity contribution in [3.05, 3.63) is 105 Å². The number of nitrogens with one attached hydrogen (secondary N) is 1. The molecule has 1 N–H and O–H groups in total. The number of furan rings is 1. The molecule has 0 atom stereocenters. The zero-order valence-corrected chi connectivity index (χ0v) is 22.4. The molecule has 0 saturated carbocycles. The largest absolute Gasteiger partial charge is 0.455 e. The van der Waals surface area contributed by atoms with Crippen LogP contribution in [0, 0.1) is 6.92 Å². The van der Waals surface area contributed by atoms with Crippen molar-refractivity contribution in [2.75, 3.05) is 10.8 Å². The third kappa shape index (κ3) is 6.17. The van der Waals surface area contributed by atoms with Gasteiger partial charge in [0.15, 0.2) is 0 Å². The molecule has 1 heterocycles. The summed E-state index contributed by atoms with van der Waals surface area (Å²) in [7, 11) is -4.08. The molecular weight excluding hydrogens is 557 g/mol. The van der Waals surface area contributed by atoms with Gasteiger partial charge in [-0.1, -0.05) is 59.1 Å². The zero-order chi connectivity index (χ0) is 26.6. The molecule has 1 aromatic heterocycles. The number of hydrazone groups is 1. The second kappa shape index (κ2) is 11.4. The molecule has 0 saturated heterocycles. The summed E-state index contributed by atoms with van der Waals surface area (Å²) in [6.07, 6.45) is 1.30. The van der Waals surface area contributed by atoms with Crippen LogP contribution in [0.4, 0.5) is 5.69 Å². The number of nitrogens with zero attached hydrogens (tertiary/aromatic N) is 2. The second-order valence-electron chi connectivity index (χ2n) is 7.83. The number of anilines is 1. The quantitative estimate of drug-likeness (QED) is 0.190. The summed E-state index contributed by atoms with van der Waals surface area (Å²) in [5.74, 6) is 0.175. The highest BCUT2D eigenvalue weighted by atomic mass is 35.5. The van der Waals surface area contributed by atoms with Crippen LogP contribution in [0.25, 0.3) is 11.3 Å². The fourth-order valence-corrected chi connectivity index (χ4v) is 5.65. The van der Waals surface area contributed by atoms with E-state index < -0.39 is 22.5 Å². The van der Waals surface area contributed by atoms with Gasteiger partial charge in [0, 0.05) is 15.6 Å². The molecule has 7 nitrogen and oxygen atoms in total. The van der Waals surface area contributed by atoms with Crippen LogP contribution in [0.1, 0.15) is 11.3 Å². The average molecular weight is 577 g/mol. The molecule has 11 heteroatoms. The van der Waals surface area contributed by atoms with Crippen molar-refractivity contribution < 1.29 is 17.6 Å². The van der Waals surface area contributed by atoms with Gasteiger partial charge in [-0.3, -0.25) is 9.10 Å². The molecular formula is C26H20Cl3N3O4S. The number of sulfonamides is 1. The Bertz CT molecular complexity index is 1570. The maximum atomic E-state index is 13.4. The summed E-state index contributed by atoms with van der Waals surface area (Å²) in [5.41, 5.74) is 3.79. The van der Waals surface area contributed by atoms with Crippen LogP contribution in [0.2, 0.25) is 15.1 Å². The van der Waals surface area contributed by atoms with E-state index in [1.165, 1.54) is 18.3 Å². The third-order valence-electron chi connectivity index (χ3n) is 5.33. The predicted molar refractivity (Wildman–Crippen MR) is 147 cm³/mol. The van der Waals surface area contributed by atoms with Gasteiger partial charge in [0.05, 0.1) is 21.8 Å². The third-order valence-corrected chi connectivity index (χ3v) is 8.06. The maximum absolute atomic E-state index is 13.4. The lowest BCUT2D eigenvalue weighted by Crippen LogP contribution is -2.40. The highest BCUT2D eigenvalue weighted by molar-refractivity contribution is 7.92. The van der Waals surface area contributed by atoms with Gasteiger partial charge in [-0.15, -0.1) is 0 Å². The Balaban J connectivity index is 1.53. The highest BCUT2D eigenvalue weighted by Crippen LogP contribution is 2.32. The number of amides is 1. The van der Waals surface area contributed by atoms with Crippen LogP contribution in [0.5, 0.6) is 0 Å². The van der Waals surface area contributed by atoms with Gasteiger partial charge < -0.3 is 4.42 Å². The van der Waals surface area contributed by atoms with Gasteiger partial charge in [-0.25, -0.2) is 13.8 Å². The van der Waals surface area contributed by atoms with E-state index in [4.69, 9.17) is 39.2 Å². The Labute approximate surface area is 229 Å². The summed E-state index contributed by atoms with van der Waals surface area (Å²) in [5, 5.41) is 5.21. The van der Waals surface area contributed by atoms with Crippen LogP contribution in [-0.2, 0) is 14.8 Å². The summed E-state index contributed by atoms with van der Waals surface area (Å²) in [6, 6.07) is 21.1. The summed E-state index contributed by atoms with van der Waals surface area (Å²) >= 11 is 18.4. The van der Waals surface area contributed by atoms with Crippen LogP contribution in [0.15, 0.2) is 93.3 Å². The standard InChI is InChI=1S/C26H20Cl3N3O4S/c1-17-22(28)8-5-9-24(17)32(37(34,35)20-6-3-2-4-7-20)16-26(33)31-30-15-19-11-13-25(36-19)21-12-10-18(27)14-23(21)29/h2-15H,16H2,1H3,(H,31,33)/b30-15-. The van der Waals surface area contributed by atoms with Gasteiger partial charge in [0.1, 0.15) is 18.1 Å². The monoisotopic (exact) mass is 575 g/mol. The summed E-state index contributed by atoms with van der Waals surface area (Å²) in [6.45, 7) is 1.15. The smallest absolute Gasteiger partial charge is 0.264 e. The number of halogens is 3. The Morgan fingerprint density at radius 3 is 2.46 bits per heavy atom. The fraction of sp³-hybridized carbons (Fsp3) is 0.0769. The first-order valence-corrected chi connectivity index (χ1v) is 13.4. The van der Waals surface area contributed by atoms with Crippen molar-refractivity contribution >= 4 is 62.6 Å². The van der Waals surface area contributed by atoms with Gasteiger partial charge >= 0.3 is 0 Å². The molecule has 0 bridgehead atoms. The molecule has 0 unspecified atom stereocenters. The Hall–Kier alpha value is -3.30. The van der Waals surface area contributed by atoms with Crippen molar-refractivity contribution in [1.29, 1.82) is 0 Å². The molecule has 1 amide bonds. The fourth-order valence-electron chi connectivity index (χ4n) is 3.48. The first-order valence-electron chi connectivity index (χ1n) is 10.9. The van der Waals surface area contributed by atoms with Crippen molar-refractivity contribution in [2.45, 2.75) is 11.8 Å². The van der Waals surface area contributed by atoms with Crippen molar-refractivity contribution in [1.82, 2.24) is 5.43 Å². The van der Waals surface area contributed by atoms with E-state index in [9.17, 15) is 13.2 Å².